The first kappa shape index (κ1) is 27.4. The number of ether oxygens (including phenoxy) is 1. The van der Waals surface area contributed by atoms with Crippen molar-refractivity contribution in [3.8, 4) is 0 Å². The minimum atomic E-state index is -0.440. The van der Waals surface area contributed by atoms with Crippen LogP contribution in [0, 0.1) is 0 Å². The van der Waals surface area contributed by atoms with E-state index in [-0.39, 0.29) is 23.5 Å². The van der Waals surface area contributed by atoms with E-state index in [4.69, 9.17) is 0 Å². The average molecular weight is 575 g/mol. The van der Waals surface area contributed by atoms with E-state index in [0.717, 1.165) is 27.4 Å². The van der Waals surface area contributed by atoms with Crippen LogP contribution in [0.4, 0.5) is 11.4 Å². The van der Waals surface area contributed by atoms with Crippen molar-refractivity contribution in [1.82, 2.24) is 9.88 Å². The number of esters is 1. The van der Waals surface area contributed by atoms with Crippen LogP contribution in [0.1, 0.15) is 43.9 Å². The summed E-state index contributed by atoms with van der Waals surface area (Å²) in [5.74, 6) is -0.957. The second kappa shape index (κ2) is 12.3. The molecule has 0 spiro atoms. The summed E-state index contributed by atoms with van der Waals surface area (Å²) in [6, 6.07) is 18.7. The Bertz CT molecular complexity index is 1580. The van der Waals surface area contributed by atoms with E-state index < -0.39 is 5.97 Å². The molecule has 9 nitrogen and oxygen atoms in total. The van der Waals surface area contributed by atoms with Crippen LogP contribution in [0.3, 0.4) is 0 Å². The highest BCUT2D eigenvalue weighted by molar-refractivity contribution is 8.01. The summed E-state index contributed by atoms with van der Waals surface area (Å²) >= 11 is 2.73. The van der Waals surface area contributed by atoms with E-state index in [1.54, 1.807) is 59.5 Å². The van der Waals surface area contributed by atoms with Gasteiger partial charge in [-0.15, -0.1) is 11.3 Å². The number of fused-ring (bicyclic) bond motifs is 1. The van der Waals surface area contributed by atoms with Gasteiger partial charge >= 0.3 is 5.97 Å². The highest BCUT2D eigenvalue weighted by Gasteiger charge is 2.24. The summed E-state index contributed by atoms with van der Waals surface area (Å²) in [6.45, 7) is 1.42. The molecule has 1 aliphatic rings. The number of nitrogens with one attached hydrogen (secondary N) is 2. The molecule has 0 saturated carbocycles. The Balaban J connectivity index is 1.20. The molecule has 5 rings (SSSR count). The minimum Gasteiger partial charge on any atom is -0.465 e. The number of methoxy groups -OCH3 is 1. The number of thiazole rings is 1. The Labute approximate surface area is 238 Å². The molecule has 2 heterocycles. The third-order valence-corrected chi connectivity index (χ3v) is 8.50. The number of carbonyl (C=O) groups is 4. The predicted molar refractivity (Wildman–Crippen MR) is 156 cm³/mol. The Morgan fingerprint density at radius 2 is 1.62 bits per heavy atom. The number of hydrogen-bond donors (Lipinski definition) is 2. The van der Waals surface area contributed by atoms with E-state index in [9.17, 15) is 19.2 Å². The van der Waals surface area contributed by atoms with Gasteiger partial charge in [0.25, 0.3) is 11.8 Å². The fourth-order valence-electron chi connectivity index (χ4n) is 4.33. The third kappa shape index (κ3) is 6.32. The van der Waals surface area contributed by atoms with Crippen molar-refractivity contribution in [2.45, 2.75) is 17.2 Å². The van der Waals surface area contributed by atoms with Crippen LogP contribution in [-0.2, 0) is 9.53 Å². The fourth-order valence-corrected chi connectivity index (χ4v) is 6.24. The van der Waals surface area contributed by atoms with Crippen LogP contribution in [0.5, 0.6) is 0 Å². The number of hydrogen-bond acceptors (Lipinski definition) is 8. The van der Waals surface area contributed by atoms with Crippen molar-refractivity contribution in [3.63, 3.8) is 0 Å². The Hall–Kier alpha value is -4.22. The number of nitrogens with zero attached hydrogens (tertiary/aromatic N) is 2. The molecule has 204 valence electrons. The summed E-state index contributed by atoms with van der Waals surface area (Å²) in [5.41, 5.74) is 3.07. The second-order valence-electron chi connectivity index (χ2n) is 9.07. The minimum absolute atomic E-state index is 0.120. The number of amides is 3. The molecule has 0 aliphatic carbocycles. The number of aromatic nitrogens is 1. The molecule has 4 aromatic rings. The molecule has 3 amide bonds. The van der Waals surface area contributed by atoms with Gasteiger partial charge in [-0.2, -0.15) is 0 Å². The van der Waals surface area contributed by atoms with Crippen molar-refractivity contribution >= 4 is 68.4 Å². The standard InChI is InChI=1S/C29H26N4O5S2/c1-38-28(37)18-8-10-19(11-9-18)30-25(34)17-39-29-32-23-13-12-20(16-24(23)40-29)31-26(35)21-6-2-3-7-22(21)27(36)33-14-4-5-15-33/h2-3,6-13,16H,4-5,14-15,17H2,1H3,(H,30,34)(H,31,35). The van der Waals surface area contributed by atoms with Gasteiger partial charge in [0.15, 0.2) is 4.34 Å². The van der Waals surface area contributed by atoms with E-state index in [0.29, 0.717) is 41.2 Å². The van der Waals surface area contributed by atoms with Gasteiger partial charge in [-0.05, 0) is 67.4 Å². The molecular weight excluding hydrogens is 548 g/mol. The zero-order valence-corrected chi connectivity index (χ0v) is 23.3. The lowest BCUT2D eigenvalue weighted by Crippen LogP contribution is -2.29. The molecule has 11 heteroatoms. The summed E-state index contributed by atoms with van der Waals surface area (Å²) in [4.78, 5) is 56.4. The maximum absolute atomic E-state index is 13.1. The van der Waals surface area contributed by atoms with Crippen LogP contribution >= 0.6 is 23.1 Å². The van der Waals surface area contributed by atoms with Gasteiger partial charge in [-0.1, -0.05) is 23.9 Å². The van der Waals surface area contributed by atoms with E-state index in [1.165, 1.54) is 30.2 Å². The maximum Gasteiger partial charge on any atom is 0.337 e. The van der Waals surface area contributed by atoms with Crippen LogP contribution in [0.2, 0.25) is 0 Å². The lowest BCUT2D eigenvalue weighted by atomic mass is 10.1. The number of likely N-dealkylation sites (tertiary alicyclic amines) is 1. The molecule has 1 fully saturated rings. The monoisotopic (exact) mass is 574 g/mol. The van der Waals surface area contributed by atoms with Crippen LogP contribution in [0.15, 0.2) is 71.1 Å². The molecule has 0 bridgehead atoms. The van der Waals surface area contributed by atoms with Gasteiger partial charge in [-0.3, -0.25) is 14.4 Å². The highest BCUT2D eigenvalue weighted by atomic mass is 32.2. The van der Waals surface area contributed by atoms with Gasteiger partial charge in [0.1, 0.15) is 0 Å². The van der Waals surface area contributed by atoms with Crippen LogP contribution < -0.4 is 10.6 Å². The fraction of sp³-hybridized carbons (Fsp3) is 0.207. The number of benzene rings is 3. The summed E-state index contributed by atoms with van der Waals surface area (Å²) in [5, 5.41) is 5.70. The van der Waals surface area contributed by atoms with Gasteiger partial charge in [-0.25, -0.2) is 9.78 Å². The molecule has 1 saturated heterocycles. The smallest absolute Gasteiger partial charge is 0.337 e. The summed E-state index contributed by atoms with van der Waals surface area (Å²) in [7, 11) is 1.31. The summed E-state index contributed by atoms with van der Waals surface area (Å²) < 4.78 is 6.26. The largest absolute Gasteiger partial charge is 0.465 e. The van der Waals surface area contributed by atoms with Gasteiger partial charge in [0.2, 0.25) is 5.91 Å². The normalized spacial score (nSPS) is 12.8. The quantitative estimate of drug-likeness (QED) is 0.217. The lowest BCUT2D eigenvalue weighted by molar-refractivity contribution is -0.113. The predicted octanol–water partition coefficient (Wildman–Crippen LogP) is 5.30. The number of thioether (sulfide) groups is 1. The van der Waals surface area contributed by atoms with E-state index >= 15 is 0 Å². The summed E-state index contributed by atoms with van der Waals surface area (Å²) in [6.07, 6.45) is 1.96. The Morgan fingerprint density at radius 3 is 2.35 bits per heavy atom. The molecule has 40 heavy (non-hydrogen) atoms. The topological polar surface area (TPSA) is 118 Å². The zero-order valence-electron chi connectivity index (χ0n) is 21.6. The first-order valence-electron chi connectivity index (χ1n) is 12.6. The second-order valence-corrected chi connectivity index (χ2v) is 11.3. The molecule has 1 aromatic heterocycles. The van der Waals surface area contributed by atoms with Crippen molar-refractivity contribution < 1.29 is 23.9 Å². The van der Waals surface area contributed by atoms with E-state index in [2.05, 4.69) is 20.4 Å². The molecule has 0 radical (unpaired) electrons. The molecule has 0 atom stereocenters. The first-order chi connectivity index (χ1) is 19.4. The molecular formula is C29H26N4O5S2. The lowest BCUT2D eigenvalue weighted by Gasteiger charge is -2.17. The van der Waals surface area contributed by atoms with Crippen molar-refractivity contribution in [2.75, 3.05) is 36.6 Å². The number of anilines is 2. The SMILES string of the molecule is COC(=O)c1ccc(NC(=O)CSc2nc3ccc(NC(=O)c4ccccc4C(=O)N4CCCC4)cc3s2)cc1. The van der Waals surface area contributed by atoms with Crippen LogP contribution in [0.25, 0.3) is 10.2 Å². The Kier molecular flexibility index (Phi) is 8.42. The Morgan fingerprint density at radius 1 is 0.925 bits per heavy atom. The molecule has 2 N–H and O–H groups in total. The number of carbonyl (C=O) groups excluding carboxylic acids is 4. The zero-order chi connectivity index (χ0) is 28.1. The highest BCUT2D eigenvalue weighted by Crippen LogP contribution is 2.31. The molecule has 0 unspecified atom stereocenters. The van der Waals surface area contributed by atoms with Gasteiger partial charge in [0.05, 0.1) is 39.8 Å². The van der Waals surface area contributed by atoms with Gasteiger partial charge < -0.3 is 20.3 Å². The maximum atomic E-state index is 13.1. The third-order valence-electron chi connectivity index (χ3n) is 6.34. The van der Waals surface area contributed by atoms with E-state index in [1.807, 2.05) is 12.1 Å². The van der Waals surface area contributed by atoms with Crippen molar-refractivity contribution in [2.24, 2.45) is 0 Å². The molecule has 1 aliphatic heterocycles. The average Bonchev–Trinajstić information content (AvgIpc) is 3.66. The van der Waals surface area contributed by atoms with Crippen LogP contribution in [-0.4, -0.2) is 59.5 Å². The first-order valence-corrected chi connectivity index (χ1v) is 14.4. The molecule has 3 aromatic carbocycles. The van der Waals surface area contributed by atoms with Crippen molar-refractivity contribution in [1.29, 1.82) is 0 Å². The van der Waals surface area contributed by atoms with Gasteiger partial charge in [0, 0.05) is 24.5 Å². The number of rotatable bonds is 8. The van der Waals surface area contributed by atoms with Crippen molar-refractivity contribution in [3.05, 3.63) is 83.4 Å².